The maximum absolute atomic E-state index is 8.01. The molecule has 4 nitrogen and oxygen atoms in total. The van der Waals surface area contributed by atoms with Gasteiger partial charge in [0.2, 0.25) is 6.19 Å². The summed E-state index contributed by atoms with van der Waals surface area (Å²) in [6, 6.07) is 0. The summed E-state index contributed by atoms with van der Waals surface area (Å²) in [4.78, 5) is 3.27. The summed E-state index contributed by atoms with van der Waals surface area (Å²) in [7, 11) is 1.50. The van der Waals surface area contributed by atoms with Gasteiger partial charge in [-0.2, -0.15) is 10.3 Å². The second kappa shape index (κ2) is 3.87. The van der Waals surface area contributed by atoms with Crippen molar-refractivity contribution >= 4 is 5.84 Å². The van der Waals surface area contributed by atoms with Crippen molar-refractivity contribution in [3.63, 3.8) is 0 Å². The fourth-order valence-electron chi connectivity index (χ4n) is 0.269. The van der Waals surface area contributed by atoms with Gasteiger partial charge in [0.05, 0.1) is 0 Å². The van der Waals surface area contributed by atoms with Gasteiger partial charge < -0.3 is 10.5 Å². The molecule has 2 N–H and O–H groups in total. The molecule has 0 unspecified atom stereocenters. The van der Waals surface area contributed by atoms with Crippen molar-refractivity contribution in [2.45, 2.75) is 13.0 Å². The highest BCUT2D eigenvalue weighted by Crippen LogP contribution is 1.85. The molecule has 0 aromatic carbocycles. The first-order chi connectivity index (χ1) is 4.22. The Morgan fingerprint density at radius 3 is 2.78 bits per heavy atom. The van der Waals surface area contributed by atoms with E-state index in [2.05, 4.69) is 4.99 Å². The summed E-state index contributed by atoms with van der Waals surface area (Å²) in [5.74, 6) is 0.208. The molecular weight excluding hydrogens is 118 g/mol. The van der Waals surface area contributed by atoms with E-state index in [9.17, 15) is 0 Å². The molecule has 0 heterocycles. The van der Waals surface area contributed by atoms with E-state index in [4.69, 9.17) is 15.7 Å². The van der Waals surface area contributed by atoms with Crippen LogP contribution in [0.1, 0.15) is 6.92 Å². The molecule has 50 valence electrons. The standard InChI is InChI=1S/C5H9N3O/c1-4(9-2)5(7)8-3-6/h4H,1-2H3,(H2,7,8)/t4-/m0/s1. The number of aliphatic imine (C=N–C) groups is 1. The van der Waals surface area contributed by atoms with Crippen LogP contribution in [0.25, 0.3) is 0 Å². The SMILES string of the molecule is CO[C@@H](C)C(N)=NC#N. The van der Waals surface area contributed by atoms with Crippen molar-refractivity contribution in [2.75, 3.05) is 7.11 Å². The zero-order chi connectivity index (χ0) is 7.28. The van der Waals surface area contributed by atoms with E-state index in [1.54, 1.807) is 13.1 Å². The summed E-state index contributed by atoms with van der Waals surface area (Å²) in [6.07, 6.45) is 1.29. The van der Waals surface area contributed by atoms with E-state index in [1.807, 2.05) is 0 Å². The first-order valence-electron chi connectivity index (χ1n) is 2.47. The van der Waals surface area contributed by atoms with Gasteiger partial charge in [-0.05, 0) is 6.92 Å². The largest absolute Gasteiger partial charge is 0.384 e. The van der Waals surface area contributed by atoms with Crippen LogP contribution in [-0.2, 0) is 4.74 Å². The lowest BCUT2D eigenvalue weighted by molar-refractivity contribution is 0.170. The molecular formula is C5H9N3O. The molecule has 0 aromatic rings. The van der Waals surface area contributed by atoms with Gasteiger partial charge in [-0.1, -0.05) is 0 Å². The minimum atomic E-state index is -0.273. The number of ether oxygens (including phenoxy) is 1. The third kappa shape index (κ3) is 2.67. The second-order valence-electron chi connectivity index (χ2n) is 1.51. The number of rotatable bonds is 2. The van der Waals surface area contributed by atoms with Crippen LogP contribution >= 0.6 is 0 Å². The molecule has 0 aliphatic rings. The van der Waals surface area contributed by atoms with Crippen LogP contribution in [0.2, 0.25) is 0 Å². The molecule has 1 atom stereocenters. The average molecular weight is 127 g/mol. The van der Waals surface area contributed by atoms with Crippen molar-refractivity contribution in [1.82, 2.24) is 0 Å². The normalized spacial score (nSPS) is 14.6. The summed E-state index contributed by atoms with van der Waals surface area (Å²) >= 11 is 0. The predicted molar refractivity (Wildman–Crippen MR) is 33.7 cm³/mol. The van der Waals surface area contributed by atoms with Gasteiger partial charge in [0.15, 0.2) is 0 Å². The van der Waals surface area contributed by atoms with Crippen molar-refractivity contribution < 1.29 is 4.74 Å². The van der Waals surface area contributed by atoms with Gasteiger partial charge in [0.25, 0.3) is 0 Å². The Labute approximate surface area is 53.9 Å². The smallest absolute Gasteiger partial charge is 0.207 e. The minimum Gasteiger partial charge on any atom is -0.384 e. The molecule has 0 amide bonds. The zero-order valence-corrected chi connectivity index (χ0v) is 5.46. The van der Waals surface area contributed by atoms with Gasteiger partial charge in [-0.15, -0.1) is 0 Å². The number of hydrogen-bond acceptors (Lipinski definition) is 3. The Balaban J connectivity index is 3.89. The summed E-state index contributed by atoms with van der Waals surface area (Å²) < 4.78 is 4.76. The monoisotopic (exact) mass is 127 g/mol. The third-order valence-electron chi connectivity index (χ3n) is 0.949. The molecule has 0 aromatic heterocycles. The summed E-state index contributed by atoms with van der Waals surface area (Å²) in [5.41, 5.74) is 5.24. The molecule has 9 heavy (non-hydrogen) atoms. The highest BCUT2D eigenvalue weighted by Gasteiger charge is 2.02. The molecule has 0 aliphatic heterocycles. The van der Waals surface area contributed by atoms with E-state index in [-0.39, 0.29) is 11.9 Å². The van der Waals surface area contributed by atoms with E-state index in [1.165, 1.54) is 7.11 Å². The second-order valence-corrected chi connectivity index (χ2v) is 1.51. The third-order valence-corrected chi connectivity index (χ3v) is 0.949. The Morgan fingerprint density at radius 1 is 1.89 bits per heavy atom. The molecule has 0 fully saturated rings. The van der Waals surface area contributed by atoms with Crippen molar-refractivity contribution in [1.29, 1.82) is 5.26 Å². The quantitative estimate of drug-likeness (QED) is 0.319. The molecule has 0 aliphatic carbocycles. The van der Waals surface area contributed by atoms with Gasteiger partial charge in [0, 0.05) is 7.11 Å². The first kappa shape index (κ1) is 7.92. The highest BCUT2D eigenvalue weighted by atomic mass is 16.5. The van der Waals surface area contributed by atoms with Crippen LogP contribution < -0.4 is 5.73 Å². The Bertz CT molecular complexity index is 147. The number of nitriles is 1. The van der Waals surface area contributed by atoms with Gasteiger partial charge in [0.1, 0.15) is 11.9 Å². The average Bonchev–Trinajstić information content (AvgIpc) is 1.87. The van der Waals surface area contributed by atoms with Gasteiger partial charge in [-0.25, -0.2) is 0 Å². The number of methoxy groups -OCH3 is 1. The lowest BCUT2D eigenvalue weighted by atomic mass is 10.4. The molecule has 0 radical (unpaired) electrons. The zero-order valence-electron chi connectivity index (χ0n) is 5.46. The fraction of sp³-hybridized carbons (Fsp3) is 0.600. The van der Waals surface area contributed by atoms with Crippen LogP contribution in [0.15, 0.2) is 4.99 Å². The Morgan fingerprint density at radius 2 is 2.44 bits per heavy atom. The Hall–Kier alpha value is -1.08. The van der Waals surface area contributed by atoms with Crippen LogP contribution in [0.4, 0.5) is 0 Å². The van der Waals surface area contributed by atoms with E-state index < -0.39 is 0 Å². The lowest BCUT2D eigenvalue weighted by Crippen LogP contribution is -2.27. The van der Waals surface area contributed by atoms with Crippen LogP contribution in [0, 0.1) is 11.5 Å². The minimum absolute atomic E-state index is 0.208. The van der Waals surface area contributed by atoms with Crippen LogP contribution in [0.3, 0.4) is 0 Å². The molecule has 4 heteroatoms. The molecule has 0 rings (SSSR count). The highest BCUT2D eigenvalue weighted by molar-refractivity contribution is 5.85. The van der Waals surface area contributed by atoms with Gasteiger partial charge in [-0.3, -0.25) is 0 Å². The summed E-state index contributed by atoms with van der Waals surface area (Å²) in [5, 5.41) is 8.01. The number of nitrogens with zero attached hydrogens (tertiary/aromatic N) is 2. The maximum Gasteiger partial charge on any atom is 0.207 e. The number of hydrogen-bond donors (Lipinski definition) is 1. The summed E-state index contributed by atoms with van der Waals surface area (Å²) in [6.45, 7) is 1.72. The van der Waals surface area contributed by atoms with Crippen LogP contribution in [0.5, 0.6) is 0 Å². The van der Waals surface area contributed by atoms with Crippen LogP contribution in [-0.4, -0.2) is 19.0 Å². The Kier molecular flexibility index (Phi) is 3.40. The van der Waals surface area contributed by atoms with E-state index in [0.29, 0.717) is 0 Å². The number of nitrogens with two attached hydrogens (primary N) is 1. The molecule has 0 saturated heterocycles. The van der Waals surface area contributed by atoms with Crippen molar-refractivity contribution in [3.8, 4) is 6.19 Å². The van der Waals surface area contributed by atoms with E-state index >= 15 is 0 Å². The lowest BCUT2D eigenvalue weighted by Gasteiger charge is -2.04. The molecule has 0 bridgehead atoms. The molecule has 0 spiro atoms. The predicted octanol–water partition coefficient (Wildman–Crippen LogP) is -0.140. The van der Waals surface area contributed by atoms with Gasteiger partial charge >= 0.3 is 0 Å². The topological polar surface area (TPSA) is 71.4 Å². The molecule has 0 saturated carbocycles. The number of amidine groups is 1. The van der Waals surface area contributed by atoms with Crippen molar-refractivity contribution in [2.24, 2.45) is 10.7 Å². The first-order valence-corrected chi connectivity index (χ1v) is 2.47. The van der Waals surface area contributed by atoms with E-state index in [0.717, 1.165) is 0 Å². The maximum atomic E-state index is 8.01. The van der Waals surface area contributed by atoms with Crippen molar-refractivity contribution in [3.05, 3.63) is 0 Å². The fourth-order valence-corrected chi connectivity index (χ4v) is 0.269.